The molecule has 2 aromatic carbocycles. The Kier molecular flexibility index (Phi) is 7.61. The summed E-state index contributed by atoms with van der Waals surface area (Å²) in [5.74, 6) is -0.412. The van der Waals surface area contributed by atoms with E-state index in [-0.39, 0.29) is 53.7 Å². The normalized spacial score (nSPS) is 23.2. The van der Waals surface area contributed by atoms with Crippen LogP contribution in [0, 0.1) is 15.3 Å². The van der Waals surface area contributed by atoms with Crippen LogP contribution in [0.1, 0.15) is 38.2 Å². The smallest absolute Gasteiger partial charge is 0.319 e. The molecule has 1 N–H and O–H groups in total. The van der Waals surface area contributed by atoms with Crippen molar-refractivity contribution < 1.29 is 27.4 Å². The van der Waals surface area contributed by atoms with Crippen LogP contribution in [-0.2, 0) is 11.2 Å². The van der Waals surface area contributed by atoms with Gasteiger partial charge in [-0.05, 0) is 95.3 Å². The number of ether oxygens (including phenoxy) is 3. The van der Waals surface area contributed by atoms with E-state index in [1.54, 1.807) is 6.07 Å². The number of hydrogen-bond donors (Lipinski definition) is 1. The average molecular weight is 784 g/mol. The third-order valence-corrected chi connectivity index (χ3v) is 11.4. The average Bonchev–Trinajstić information content (AvgIpc) is 3.68. The van der Waals surface area contributed by atoms with Gasteiger partial charge in [0.2, 0.25) is 5.88 Å². The Labute approximate surface area is 293 Å². The summed E-state index contributed by atoms with van der Waals surface area (Å²) in [4.78, 5) is 18.8. The number of pyridine rings is 1. The highest BCUT2D eigenvalue weighted by molar-refractivity contribution is 14.1. The SMILES string of the molecule is CCc1c(F)ccc2cc3n[nH]c(I)c3c(-c3nc4c5c(nc(OC[C@@]67CCCN6C/C(=C\F)C7)nc5c3F)N3CCCOC[C@H]3CO4)c12. The summed E-state index contributed by atoms with van der Waals surface area (Å²) in [6.45, 7) is 5.37. The number of aromatic amines is 1. The predicted molar refractivity (Wildman–Crippen MR) is 187 cm³/mol. The second-order valence-corrected chi connectivity index (χ2v) is 14.4. The van der Waals surface area contributed by atoms with E-state index in [1.165, 1.54) is 6.07 Å². The number of benzene rings is 2. The van der Waals surface area contributed by atoms with Crippen molar-refractivity contribution in [3.63, 3.8) is 0 Å². The first-order chi connectivity index (χ1) is 23.9. The molecular weight excluding hydrogens is 750 g/mol. The van der Waals surface area contributed by atoms with Crippen molar-refractivity contribution in [3.8, 4) is 23.1 Å². The molecule has 3 fully saturated rings. The van der Waals surface area contributed by atoms with Crippen molar-refractivity contribution in [3.05, 3.63) is 51.0 Å². The maximum atomic E-state index is 17.5. The molecule has 14 heteroatoms. The Bertz CT molecular complexity index is 2200. The standard InChI is InChI=1S/C35H33F3IN7O3/c1-2-21-22(37)6-5-19-11-23-25(31(39)44-43-23)26(24(19)21)29-28(38)30-27-32(46-9-4-10-47-15-20(46)16-48-33(27)40-29)42-34(41-30)49-17-35-7-3-8-45(35)14-18(12-35)13-36/h5-6,11,13,20H,2-4,7-10,12,14-17H2,1H3,(H,43,44)/b18-13-/t20-,35-/m0/s1. The fourth-order valence-electron chi connectivity index (χ4n) is 8.30. The number of H-pyrrole nitrogens is 1. The van der Waals surface area contributed by atoms with Gasteiger partial charge < -0.3 is 19.1 Å². The van der Waals surface area contributed by atoms with Crippen molar-refractivity contribution >= 4 is 61.0 Å². The summed E-state index contributed by atoms with van der Waals surface area (Å²) < 4.78 is 65.9. The summed E-state index contributed by atoms with van der Waals surface area (Å²) in [5.41, 5.74) is 1.83. The Morgan fingerprint density at radius 3 is 2.88 bits per heavy atom. The molecule has 2 atom stereocenters. The fourth-order valence-corrected chi connectivity index (χ4v) is 8.97. The number of fused-ring (bicyclic) bond motifs is 5. The molecule has 254 valence electrons. The quantitative estimate of drug-likeness (QED) is 0.197. The molecule has 0 unspecified atom stereocenters. The van der Waals surface area contributed by atoms with E-state index in [0.29, 0.717) is 93.2 Å². The molecule has 4 aliphatic heterocycles. The maximum Gasteiger partial charge on any atom is 0.319 e. The molecule has 9 rings (SSSR count). The van der Waals surface area contributed by atoms with Crippen LogP contribution in [0.4, 0.5) is 19.0 Å². The van der Waals surface area contributed by atoms with Crippen LogP contribution in [-0.4, -0.2) is 87.7 Å². The zero-order valence-corrected chi connectivity index (χ0v) is 28.9. The van der Waals surface area contributed by atoms with Gasteiger partial charge in [-0.3, -0.25) is 10.00 Å². The zero-order chi connectivity index (χ0) is 33.4. The predicted octanol–water partition coefficient (Wildman–Crippen LogP) is 6.62. The minimum atomic E-state index is -0.693. The maximum absolute atomic E-state index is 17.5. The van der Waals surface area contributed by atoms with Crippen molar-refractivity contribution in [1.82, 2.24) is 30.0 Å². The van der Waals surface area contributed by atoms with Crippen LogP contribution in [0.15, 0.2) is 30.1 Å². The van der Waals surface area contributed by atoms with E-state index in [9.17, 15) is 4.39 Å². The van der Waals surface area contributed by atoms with Gasteiger partial charge in [-0.2, -0.15) is 15.1 Å². The molecule has 0 radical (unpaired) electrons. The van der Waals surface area contributed by atoms with Gasteiger partial charge in [-0.15, -0.1) is 0 Å². The molecule has 3 aromatic heterocycles. The molecule has 0 bridgehead atoms. The van der Waals surface area contributed by atoms with E-state index in [0.717, 1.165) is 31.4 Å². The molecule has 0 saturated carbocycles. The molecule has 5 aromatic rings. The first-order valence-corrected chi connectivity index (χ1v) is 17.8. The Morgan fingerprint density at radius 1 is 1.12 bits per heavy atom. The van der Waals surface area contributed by atoms with Crippen LogP contribution in [0.5, 0.6) is 11.9 Å². The highest BCUT2D eigenvalue weighted by Gasteiger charge is 2.47. The number of halogens is 4. The van der Waals surface area contributed by atoms with Crippen molar-refractivity contribution in [2.45, 2.75) is 50.6 Å². The monoisotopic (exact) mass is 783 g/mol. The fraction of sp³-hybridized carbons (Fsp3) is 0.429. The van der Waals surface area contributed by atoms with Crippen LogP contribution in [0.3, 0.4) is 0 Å². The summed E-state index contributed by atoms with van der Waals surface area (Å²) >= 11 is 2.13. The van der Waals surface area contributed by atoms with Gasteiger partial charge in [-0.1, -0.05) is 13.0 Å². The second kappa shape index (κ2) is 11.9. The minimum Gasteiger partial charge on any atom is -0.475 e. The van der Waals surface area contributed by atoms with E-state index >= 15 is 8.78 Å². The highest BCUT2D eigenvalue weighted by Crippen LogP contribution is 2.46. The number of aryl methyl sites for hydroxylation is 1. The largest absolute Gasteiger partial charge is 0.475 e. The summed E-state index contributed by atoms with van der Waals surface area (Å²) in [7, 11) is 0. The molecular formula is C35H33F3IN7O3. The van der Waals surface area contributed by atoms with Gasteiger partial charge in [0.25, 0.3) is 0 Å². The lowest BCUT2D eigenvalue weighted by Gasteiger charge is -2.31. The molecule has 7 heterocycles. The zero-order valence-electron chi connectivity index (χ0n) is 26.8. The lowest BCUT2D eigenvalue weighted by Crippen LogP contribution is -2.43. The van der Waals surface area contributed by atoms with E-state index < -0.39 is 5.82 Å². The number of nitrogens with one attached hydrogen (secondary N) is 1. The molecule has 10 nitrogen and oxygen atoms in total. The topological polar surface area (TPSA) is 102 Å². The van der Waals surface area contributed by atoms with E-state index in [2.05, 4.69) is 42.6 Å². The summed E-state index contributed by atoms with van der Waals surface area (Å²) in [5, 5.41) is 9.74. The van der Waals surface area contributed by atoms with E-state index in [4.69, 9.17) is 29.2 Å². The first-order valence-electron chi connectivity index (χ1n) is 16.7. The molecule has 0 spiro atoms. The first kappa shape index (κ1) is 31.2. The van der Waals surface area contributed by atoms with Crippen LogP contribution >= 0.6 is 22.6 Å². The highest BCUT2D eigenvalue weighted by atomic mass is 127. The van der Waals surface area contributed by atoms with Crippen molar-refractivity contribution in [2.24, 2.45) is 0 Å². The molecule has 4 aliphatic rings. The molecule has 49 heavy (non-hydrogen) atoms. The number of rotatable bonds is 5. The number of nitrogens with zero attached hydrogens (tertiary/aromatic N) is 6. The number of hydrogen-bond acceptors (Lipinski definition) is 9. The van der Waals surface area contributed by atoms with Gasteiger partial charge in [0.1, 0.15) is 45.1 Å². The molecule has 0 aliphatic carbocycles. The van der Waals surface area contributed by atoms with Crippen molar-refractivity contribution in [2.75, 3.05) is 51.0 Å². The van der Waals surface area contributed by atoms with E-state index in [1.807, 2.05) is 13.0 Å². The lowest BCUT2D eigenvalue weighted by atomic mass is 9.92. The van der Waals surface area contributed by atoms with Gasteiger partial charge in [0.05, 0.1) is 30.0 Å². The van der Waals surface area contributed by atoms with Crippen LogP contribution < -0.4 is 14.4 Å². The number of anilines is 1. The summed E-state index contributed by atoms with van der Waals surface area (Å²) in [6, 6.07) is 4.81. The molecule has 0 amide bonds. The third-order valence-electron chi connectivity index (χ3n) is 10.6. The van der Waals surface area contributed by atoms with Gasteiger partial charge in [0, 0.05) is 30.6 Å². The summed E-state index contributed by atoms with van der Waals surface area (Å²) in [6.07, 6.45) is 4.23. The Hall–Kier alpha value is -3.76. The Morgan fingerprint density at radius 2 is 2.02 bits per heavy atom. The van der Waals surface area contributed by atoms with Gasteiger partial charge in [-0.25, -0.2) is 18.2 Å². The van der Waals surface area contributed by atoms with Crippen LogP contribution in [0.25, 0.3) is 43.8 Å². The van der Waals surface area contributed by atoms with Gasteiger partial charge >= 0.3 is 6.01 Å². The van der Waals surface area contributed by atoms with Crippen LogP contribution in [0.2, 0.25) is 0 Å². The van der Waals surface area contributed by atoms with Gasteiger partial charge in [0.15, 0.2) is 5.82 Å². The molecule has 3 saturated heterocycles. The van der Waals surface area contributed by atoms with Crippen molar-refractivity contribution in [1.29, 1.82) is 0 Å². The minimum absolute atomic E-state index is 0.000431. The third kappa shape index (κ3) is 4.88. The Balaban J connectivity index is 1.28. The second-order valence-electron chi connectivity index (χ2n) is 13.4. The number of aromatic nitrogens is 5. The lowest BCUT2D eigenvalue weighted by molar-refractivity contribution is 0.108.